The molecule has 0 aliphatic heterocycles. The summed E-state index contributed by atoms with van der Waals surface area (Å²) >= 11 is 15.0. The monoisotopic (exact) mass is 387 g/mol. The summed E-state index contributed by atoms with van der Waals surface area (Å²) in [5.41, 5.74) is 0.311. The Morgan fingerprint density at radius 3 is 2.43 bits per heavy atom. The van der Waals surface area contributed by atoms with E-state index < -0.39 is 11.9 Å². The molecule has 2 aromatic rings. The van der Waals surface area contributed by atoms with Gasteiger partial charge in [0.05, 0.1) is 21.8 Å². The van der Waals surface area contributed by atoms with Crippen molar-refractivity contribution in [2.75, 3.05) is 5.32 Å². The highest BCUT2D eigenvalue weighted by Crippen LogP contribution is 2.25. The molecule has 0 fully saturated rings. The Bertz CT molecular complexity index is 734. The van der Waals surface area contributed by atoms with Crippen molar-refractivity contribution in [2.45, 2.75) is 0 Å². The van der Waals surface area contributed by atoms with Gasteiger partial charge in [-0.3, -0.25) is 4.79 Å². The number of halogens is 3. The normalized spacial score (nSPS) is 10.2. The van der Waals surface area contributed by atoms with Crippen LogP contribution in [-0.2, 0) is 0 Å². The molecule has 0 aliphatic carbocycles. The third-order valence-electron chi connectivity index (χ3n) is 2.63. The average molecular weight is 389 g/mol. The second kappa shape index (κ2) is 6.47. The van der Waals surface area contributed by atoms with Crippen molar-refractivity contribution >= 4 is 56.7 Å². The summed E-state index contributed by atoms with van der Waals surface area (Å²) in [5.74, 6) is -1.68. The van der Waals surface area contributed by atoms with Crippen LogP contribution in [0, 0.1) is 0 Å². The molecular weight excluding hydrogens is 381 g/mol. The predicted octanol–water partition coefficient (Wildman–Crippen LogP) is 4.71. The molecular formula is C14H8BrCl2NO3. The van der Waals surface area contributed by atoms with Crippen molar-refractivity contribution in [3.05, 3.63) is 62.0 Å². The molecule has 7 heteroatoms. The zero-order valence-corrected chi connectivity index (χ0v) is 13.5. The molecule has 1 amide bonds. The van der Waals surface area contributed by atoms with Gasteiger partial charge in [-0.2, -0.15) is 0 Å². The molecule has 0 saturated heterocycles. The van der Waals surface area contributed by atoms with Crippen molar-refractivity contribution in [2.24, 2.45) is 0 Å². The zero-order valence-electron chi connectivity index (χ0n) is 10.4. The highest BCUT2D eigenvalue weighted by atomic mass is 79.9. The third kappa shape index (κ3) is 3.75. The summed E-state index contributed by atoms with van der Waals surface area (Å²) in [7, 11) is 0. The van der Waals surface area contributed by atoms with Gasteiger partial charge in [-0.05, 0) is 36.4 Å². The fraction of sp³-hybridized carbons (Fsp3) is 0. The van der Waals surface area contributed by atoms with Crippen LogP contribution in [0.2, 0.25) is 10.0 Å². The molecule has 4 nitrogen and oxygen atoms in total. The number of amides is 1. The molecule has 0 aromatic heterocycles. The van der Waals surface area contributed by atoms with E-state index in [2.05, 4.69) is 21.2 Å². The van der Waals surface area contributed by atoms with Crippen molar-refractivity contribution in [1.82, 2.24) is 0 Å². The topological polar surface area (TPSA) is 66.4 Å². The molecule has 21 heavy (non-hydrogen) atoms. The number of carbonyl (C=O) groups is 2. The Morgan fingerprint density at radius 1 is 1.05 bits per heavy atom. The van der Waals surface area contributed by atoms with Gasteiger partial charge in [0.25, 0.3) is 5.91 Å². The van der Waals surface area contributed by atoms with E-state index in [0.29, 0.717) is 9.50 Å². The number of aromatic carboxylic acids is 1. The van der Waals surface area contributed by atoms with Gasteiger partial charge in [-0.15, -0.1) is 0 Å². The fourth-order valence-electron chi connectivity index (χ4n) is 1.66. The number of benzene rings is 2. The summed E-state index contributed by atoms with van der Waals surface area (Å²) in [5, 5.41) is 12.3. The van der Waals surface area contributed by atoms with Crippen LogP contribution < -0.4 is 5.32 Å². The molecule has 0 unspecified atom stereocenters. The Hall–Kier alpha value is -1.56. The average Bonchev–Trinajstić information content (AvgIpc) is 2.43. The van der Waals surface area contributed by atoms with Crippen LogP contribution >= 0.6 is 39.1 Å². The summed E-state index contributed by atoms with van der Waals surface area (Å²) in [6.07, 6.45) is 0. The van der Waals surface area contributed by atoms with Gasteiger partial charge in [-0.1, -0.05) is 39.1 Å². The first-order valence-corrected chi connectivity index (χ1v) is 7.22. The van der Waals surface area contributed by atoms with E-state index in [9.17, 15) is 9.59 Å². The number of carboxylic acid groups (broad SMARTS) is 1. The minimum Gasteiger partial charge on any atom is -0.478 e. The molecule has 0 aliphatic rings. The minimum atomic E-state index is -1.15. The van der Waals surface area contributed by atoms with E-state index in [1.807, 2.05) is 0 Å². The first kappa shape index (κ1) is 15.8. The number of carbonyl (C=O) groups excluding carboxylic acids is 1. The molecule has 0 atom stereocenters. The van der Waals surface area contributed by atoms with Gasteiger partial charge in [0.15, 0.2) is 0 Å². The van der Waals surface area contributed by atoms with Gasteiger partial charge in [0, 0.05) is 9.50 Å². The smallest absolute Gasteiger partial charge is 0.337 e. The molecule has 2 N–H and O–H groups in total. The molecule has 0 spiro atoms. The number of carboxylic acids is 1. The molecule has 0 saturated carbocycles. The molecule has 0 radical (unpaired) electrons. The maximum atomic E-state index is 12.2. The largest absolute Gasteiger partial charge is 0.478 e. The van der Waals surface area contributed by atoms with Crippen molar-refractivity contribution in [1.29, 1.82) is 0 Å². The first-order valence-electron chi connectivity index (χ1n) is 5.67. The Kier molecular flexibility index (Phi) is 4.88. The molecule has 2 aromatic carbocycles. The fourth-order valence-corrected chi connectivity index (χ4v) is 2.40. The maximum Gasteiger partial charge on any atom is 0.337 e. The lowest BCUT2D eigenvalue weighted by atomic mass is 10.1. The summed E-state index contributed by atoms with van der Waals surface area (Å²) in [4.78, 5) is 23.4. The van der Waals surface area contributed by atoms with Crippen LogP contribution in [0.25, 0.3) is 0 Å². The SMILES string of the molecule is O=C(Nc1ccc(Br)cc1C(=O)O)c1cc(Cl)ccc1Cl. The minimum absolute atomic E-state index is 0.0316. The highest BCUT2D eigenvalue weighted by molar-refractivity contribution is 9.10. The lowest BCUT2D eigenvalue weighted by molar-refractivity contribution is 0.0698. The third-order valence-corrected chi connectivity index (χ3v) is 3.69. The van der Waals surface area contributed by atoms with Crippen LogP contribution in [-0.4, -0.2) is 17.0 Å². The molecule has 0 heterocycles. The molecule has 2 rings (SSSR count). The zero-order chi connectivity index (χ0) is 15.6. The predicted molar refractivity (Wildman–Crippen MR) is 85.5 cm³/mol. The number of hydrogen-bond donors (Lipinski definition) is 2. The van der Waals surface area contributed by atoms with E-state index in [0.717, 1.165) is 0 Å². The quantitative estimate of drug-likeness (QED) is 0.800. The van der Waals surface area contributed by atoms with Crippen LogP contribution in [0.3, 0.4) is 0 Å². The summed E-state index contributed by atoms with van der Waals surface area (Å²) in [6, 6.07) is 8.99. The number of anilines is 1. The molecule has 108 valence electrons. The van der Waals surface area contributed by atoms with E-state index >= 15 is 0 Å². The summed E-state index contributed by atoms with van der Waals surface area (Å²) in [6.45, 7) is 0. The standard InChI is InChI=1S/C14H8BrCl2NO3/c15-7-1-4-12(10(5-7)14(20)21)18-13(19)9-6-8(16)2-3-11(9)17/h1-6H,(H,18,19)(H,20,21). The van der Waals surface area contributed by atoms with Crippen molar-refractivity contribution in [3.8, 4) is 0 Å². The van der Waals surface area contributed by atoms with E-state index in [4.69, 9.17) is 28.3 Å². The van der Waals surface area contributed by atoms with Crippen molar-refractivity contribution in [3.63, 3.8) is 0 Å². The molecule has 0 bridgehead atoms. The Labute approximate surface area is 138 Å². The second-order valence-corrected chi connectivity index (χ2v) is 5.83. The first-order chi connectivity index (χ1) is 9.88. The van der Waals surface area contributed by atoms with Crippen LogP contribution in [0.1, 0.15) is 20.7 Å². The second-order valence-electron chi connectivity index (χ2n) is 4.07. The van der Waals surface area contributed by atoms with Crippen LogP contribution in [0.15, 0.2) is 40.9 Å². The van der Waals surface area contributed by atoms with Gasteiger partial charge in [-0.25, -0.2) is 4.79 Å². The van der Waals surface area contributed by atoms with Gasteiger partial charge < -0.3 is 10.4 Å². The Balaban J connectivity index is 2.36. The maximum absolute atomic E-state index is 12.2. The van der Waals surface area contributed by atoms with Gasteiger partial charge >= 0.3 is 5.97 Å². The number of rotatable bonds is 3. The Morgan fingerprint density at radius 2 is 1.76 bits per heavy atom. The lowest BCUT2D eigenvalue weighted by Crippen LogP contribution is -2.15. The summed E-state index contributed by atoms with van der Waals surface area (Å²) < 4.78 is 0.596. The van der Waals surface area contributed by atoms with E-state index in [1.54, 1.807) is 12.1 Å². The number of hydrogen-bond acceptors (Lipinski definition) is 2. The van der Waals surface area contributed by atoms with Crippen molar-refractivity contribution < 1.29 is 14.7 Å². The van der Waals surface area contributed by atoms with Crippen LogP contribution in [0.5, 0.6) is 0 Å². The number of nitrogens with one attached hydrogen (secondary N) is 1. The van der Waals surface area contributed by atoms with E-state index in [1.165, 1.54) is 24.3 Å². The van der Waals surface area contributed by atoms with Gasteiger partial charge in [0.2, 0.25) is 0 Å². The van der Waals surface area contributed by atoms with Crippen LogP contribution in [0.4, 0.5) is 5.69 Å². The van der Waals surface area contributed by atoms with Gasteiger partial charge in [0.1, 0.15) is 0 Å². The van der Waals surface area contributed by atoms with E-state index in [-0.39, 0.29) is 21.8 Å². The lowest BCUT2D eigenvalue weighted by Gasteiger charge is -2.10. The highest BCUT2D eigenvalue weighted by Gasteiger charge is 2.16.